The second-order valence-electron chi connectivity index (χ2n) is 10.6. The Labute approximate surface area is 264 Å². The number of amides is 2. The maximum atomic E-state index is 15.2. The van der Waals surface area contributed by atoms with Crippen LogP contribution in [-0.4, -0.2) is 51.4 Å². The van der Waals surface area contributed by atoms with Gasteiger partial charge in [0.2, 0.25) is 11.8 Å². The molecule has 0 unspecified atom stereocenters. The SMILES string of the molecule is CCCNC(=O)[C@H](Cc1ccccc1)N(Cc1cccc(OC)c1)C(=O)CN(c1ccccc1F)S(=O)(=O)c1ccc(C)cc1. The van der Waals surface area contributed by atoms with Crippen molar-refractivity contribution in [1.82, 2.24) is 10.2 Å². The smallest absolute Gasteiger partial charge is 0.264 e. The Morgan fingerprint density at radius 1 is 0.889 bits per heavy atom. The minimum Gasteiger partial charge on any atom is -0.497 e. The molecule has 45 heavy (non-hydrogen) atoms. The molecule has 1 N–H and O–H groups in total. The number of halogens is 1. The normalized spacial score (nSPS) is 11.8. The number of rotatable bonds is 14. The van der Waals surface area contributed by atoms with Gasteiger partial charge in [-0.25, -0.2) is 12.8 Å². The zero-order valence-electron chi connectivity index (χ0n) is 25.6. The zero-order chi connectivity index (χ0) is 32.4. The van der Waals surface area contributed by atoms with Gasteiger partial charge in [0, 0.05) is 19.5 Å². The number of para-hydroxylation sites is 1. The van der Waals surface area contributed by atoms with Crippen LogP contribution in [0.25, 0.3) is 0 Å². The van der Waals surface area contributed by atoms with Crippen molar-refractivity contribution in [2.24, 2.45) is 0 Å². The van der Waals surface area contributed by atoms with Gasteiger partial charge in [0.1, 0.15) is 24.2 Å². The Hall–Kier alpha value is -4.70. The van der Waals surface area contributed by atoms with E-state index >= 15 is 4.39 Å². The Kier molecular flexibility index (Phi) is 11.3. The molecule has 4 rings (SSSR count). The van der Waals surface area contributed by atoms with Crippen LogP contribution in [0.2, 0.25) is 0 Å². The third kappa shape index (κ3) is 8.48. The molecule has 0 aliphatic rings. The van der Waals surface area contributed by atoms with Gasteiger partial charge in [-0.2, -0.15) is 0 Å². The van der Waals surface area contributed by atoms with Crippen molar-refractivity contribution in [3.63, 3.8) is 0 Å². The largest absolute Gasteiger partial charge is 0.497 e. The lowest BCUT2D eigenvalue weighted by molar-refractivity contribution is -0.140. The molecule has 0 aliphatic carbocycles. The number of benzene rings is 4. The van der Waals surface area contributed by atoms with Gasteiger partial charge in [0.25, 0.3) is 10.0 Å². The molecule has 0 spiro atoms. The van der Waals surface area contributed by atoms with Crippen molar-refractivity contribution >= 4 is 27.5 Å². The molecule has 4 aromatic rings. The quantitative estimate of drug-likeness (QED) is 0.198. The van der Waals surface area contributed by atoms with Gasteiger partial charge in [-0.05, 0) is 60.9 Å². The topological polar surface area (TPSA) is 96.0 Å². The van der Waals surface area contributed by atoms with E-state index in [9.17, 15) is 18.0 Å². The summed E-state index contributed by atoms with van der Waals surface area (Å²) in [6.07, 6.45) is 0.861. The number of sulfonamides is 1. The molecule has 236 valence electrons. The molecule has 0 saturated carbocycles. The number of carbonyl (C=O) groups excluding carboxylic acids is 2. The fourth-order valence-electron chi connectivity index (χ4n) is 4.89. The van der Waals surface area contributed by atoms with Crippen LogP contribution in [0.1, 0.15) is 30.0 Å². The van der Waals surface area contributed by atoms with Gasteiger partial charge >= 0.3 is 0 Å². The minimum absolute atomic E-state index is 0.0250. The van der Waals surface area contributed by atoms with Gasteiger partial charge in [0.15, 0.2) is 0 Å². The Bertz CT molecular complexity index is 1700. The van der Waals surface area contributed by atoms with E-state index in [-0.39, 0.29) is 29.5 Å². The molecule has 0 bridgehead atoms. The number of hydrogen-bond acceptors (Lipinski definition) is 5. The summed E-state index contributed by atoms with van der Waals surface area (Å²) in [5.41, 5.74) is 2.05. The maximum Gasteiger partial charge on any atom is 0.264 e. The standard InChI is InChI=1S/C35H38FN3O5S/c1-4-21-37-35(41)33(23-27-11-6-5-7-12-27)38(24-28-13-10-14-29(22-28)44-3)34(40)25-39(32-16-9-8-15-31(32)36)45(42,43)30-19-17-26(2)18-20-30/h5-20,22,33H,4,21,23-25H2,1-3H3,(H,37,41)/t33-/m0/s1. The molecule has 0 fully saturated rings. The van der Waals surface area contributed by atoms with E-state index in [4.69, 9.17) is 4.74 Å². The molecule has 2 amide bonds. The molecule has 4 aromatic carbocycles. The summed E-state index contributed by atoms with van der Waals surface area (Å²) in [7, 11) is -2.87. The number of methoxy groups -OCH3 is 1. The minimum atomic E-state index is -4.40. The molecule has 0 saturated heterocycles. The Morgan fingerprint density at radius 3 is 2.22 bits per heavy atom. The van der Waals surface area contributed by atoms with E-state index in [1.165, 1.54) is 42.3 Å². The highest BCUT2D eigenvalue weighted by Gasteiger charge is 2.35. The van der Waals surface area contributed by atoms with E-state index in [1.54, 1.807) is 36.4 Å². The van der Waals surface area contributed by atoms with Gasteiger partial charge in [-0.15, -0.1) is 0 Å². The second kappa shape index (κ2) is 15.3. The number of hydrogen-bond donors (Lipinski definition) is 1. The van der Waals surface area contributed by atoms with Crippen LogP contribution in [0.3, 0.4) is 0 Å². The molecule has 0 heterocycles. The molecule has 10 heteroatoms. The zero-order valence-corrected chi connectivity index (χ0v) is 26.5. The van der Waals surface area contributed by atoms with Crippen LogP contribution >= 0.6 is 0 Å². The monoisotopic (exact) mass is 631 g/mol. The van der Waals surface area contributed by atoms with Crippen LogP contribution in [0.4, 0.5) is 10.1 Å². The number of carbonyl (C=O) groups is 2. The summed E-state index contributed by atoms with van der Waals surface area (Å²) >= 11 is 0. The van der Waals surface area contributed by atoms with Crippen molar-refractivity contribution in [3.8, 4) is 5.75 Å². The van der Waals surface area contributed by atoms with E-state index < -0.39 is 34.3 Å². The molecular formula is C35H38FN3O5S. The highest BCUT2D eigenvalue weighted by molar-refractivity contribution is 7.92. The predicted octanol–water partition coefficient (Wildman–Crippen LogP) is 5.50. The third-order valence-corrected chi connectivity index (χ3v) is 9.09. The molecule has 0 aromatic heterocycles. The molecule has 1 atom stereocenters. The van der Waals surface area contributed by atoms with E-state index in [2.05, 4.69) is 5.32 Å². The van der Waals surface area contributed by atoms with Gasteiger partial charge in [0.05, 0.1) is 17.7 Å². The number of ether oxygens (including phenoxy) is 1. The third-order valence-electron chi connectivity index (χ3n) is 7.32. The Morgan fingerprint density at radius 2 is 1.56 bits per heavy atom. The summed E-state index contributed by atoms with van der Waals surface area (Å²) < 4.78 is 49.4. The first-order chi connectivity index (χ1) is 21.6. The van der Waals surface area contributed by atoms with Gasteiger partial charge < -0.3 is 15.0 Å². The highest BCUT2D eigenvalue weighted by Crippen LogP contribution is 2.28. The summed E-state index contributed by atoms with van der Waals surface area (Å²) in [5.74, 6) is -1.30. The van der Waals surface area contributed by atoms with Crippen LogP contribution in [0.5, 0.6) is 5.75 Å². The van der Waals surface area contributed by atoms with Gasteiger partial charge in [-0.1, -0.05) is 79.2 Å². The number of nitrogens with zero attached hydrogens (tertiary/aromatic N) is 2. The first-order valence-corrected chi connectivity index (χ1v) is 16.2. The maximum absolute atomic E-state index is 15.2. The average Bonchev–Trinajstić information content (AvgIpc) is 3.05. The van der Waals surface area contributed by atoms with Gasteiger partial charge in [-0.3, -0.25) is 13.9 Å². The predicted molar refractivity (Wildman–Crippen MR) is 173 cm³/mol. The summed E-state index contributed by atoms with van der Waals surface area (Å²) in [4.78, 5) is 29.4. The molecule has 0 aliphatic heterocycles. The van der Waals surface area contributed by atoms with Crippen molar-refractivity contribution < 1.29 is 27.1 Å². The number of anilines is 1. The summed E-state index contributed by atoms with van der Waals surface area (Å²) in [6, 6.07) is 26.9. The van der Waals surface area contributed by atoms with Crippen molar-refractivity contribution in [2.45, 2.75) is 44.2 Å². The average molecular weight is 632 g/mol. The van der Waals surface area contributed by atoms with E-state index in [1.807, 2.05) is 44.2 Å². The van der Waals surface area contributed by atoms with Crippen molar-refractivity contribution in [2.75, 3.05) is 24.5 Å². The van der Waals surface area contributed by atoms with Crippen LogP contribution in [0.15, 0.2) is 108 Å². The summed E-state index contributed by atoms with van der Waals surface area (Å²) in [6.45, 7) is 3.38. The lowest BCUT2D eigenvalue weighted by Crippen LogP contribution is -2.53. The van der Waals surface area contributed by atoms with E-state index in [0.717, 1.165) is 21.5 Å². The van der Waals surface area contributed by atoms with Crippen LogP contribution in [0, 0.1) is 12.7 Å². The number of aryl methyl sites for hydroxylation is 1. The van der Waals surface area contributed by atoms with Crippen molar-refractivity contribution in [1.29, 1.82) is 0 Å². The fraction of sp³-hybridized carbons (Fsp3) is 0.257. The first kappa shape index (κ1) is 33.2. The lowest BCUT2D eigenvalue weighted by atomic mass is 10.0. The van der Waals surface area contributed by atoms with Crippen molar-refractivity contribution in [3.05, 3.63) is 126 Å². The molecular weight excluding hydrogens is 593 g/mol. The Balaban J connectivity index is 1.81. The highest BCUT2D eigenvalue weighted by atomic mass is 32.2. The fourth-order valence-corrected chi connectivity index (χ4v) is 6.31. The second-order valence-corrected chi connectivity index (χ2v) is 12.5. The van der Waals surface area contributed by atoms with E-state index in [0.29, 0.717) is 24.3 Å². The molecule has 8 nitrogen and oxygen atoms in total. The lowest BCUT2D eigenvalue weighted by Gasteiger charge is -2.34. The summed E-state index contributed by atoms with van der Waals surface area (Å²) in [5, 5.41) is 2.90. The molecule has 0 radical (unpaired) electrons. The first-order valence-electron chi connectivity index (χ1n) is 14.7. The van der Waals surface area contributed by atoms with Crippen LogP contribution < -0.4 is 14.4 Å². The van der Waals surface area contributed by atoms with Crippen LogP contribution in [-0.2, 0) is 32.6 Å². The number of nitrogens with one attached hydrogen (secondary N) is 1.